The Bertz CT molecular complexity index is 845. The van der Waals surface area contributed by atoms with E-state index in [-0.39, 0.29) is 5.91 Å². The average molecular weight is 338 g/mol. The quantitative estimate of drug-likeness (QED) is 0.665. The van der Waals surface area contributed by atoms with E-state index in [9.17, 15) is 4.79 Å². The van der Waals surface area contributed by atoms with Crippen LogP contribution < -0.4 is 0 Å². The molecule has 0 fully saturated rings. The minimum absolute atomic E-state index is 0.0335. The van der Waals surface area contributed by atoms with E-state index in [1.807, 2.05) is 60.1 Å². The average Bonchev–Trinajstić information content (AvgIpc) is 3.07. The highest BCUT2D eigenvalue weighted by Gasteiger charge is 2.17. The summed E-state index contributed by atoms with van der Waals surface area (Å²) in [5.74, 6) is -0.0335. The first-order chi connectivity index (χ1) is 12.2. The maximum atomic E-state index is 13.0. The number of ether oxygens (including phenoxy) is 1. The summed E-state index contributed by atoms with van der Waals surface area (Å²) in [5, 5.41) is 8.25. The molecule has 0 spiro atoms. The molecule has 1 heterocycles. The lowest BCUT2D eigenvalue weighted by atomic mass is 10.1. The molecule has 0 aliphatic heterocycles. The summed E-state index contributed by atoms with van der Waals surface area (Å²) < 4.78 is 6.98. The van der Waals surface area contributed by atoms with Crippen LogP contribution in [-0.4, -0.2) is 46.1 Å². The Morgan fingerprint density at radius 2 is 2.00 bits per heavy atom. The maximum absolute atomic E-state index is 13.0. The number of carbonyl (C=O) groups is 1. The third-order valence-corrected chi connectivity index (χ3v) is 4.13. The van der Waals surface area contributed by atoms with Crippen molar-refractivity contribution in [1.29, 1.82) is 0 Å². The summed E-state index contributed by atoms with van der Waals surface area (Å²) in [6.45, 7) is 4.33. The standard InChI is InChI=1S/C19H22N4O2/c1-3-23-18-10-9-16(13-17(18)20-21-23)19(24)22(11-12-25-2)14-15-7-5-4-6-8-15/h4-10,13H,3,11-12,14H2,1-2H3. The number of fused-ring (bicyclic) bond motifs is 1. The zero-order valence-electron chi connectivity index (χ0n) is 14.6. The first-order valence-electron chi connectivity index (χ1n) is 8.38. The molecule has 0 aliphatic carbocycles. The van der Waals surface area contributed by atoms with Gasteiger partial charge in [0.2, 0.25) is 0 Å². The van der Waals surface area contributed by atoms with Crippen LogP contribution >= 0.6 is 0 Å². The number of rotatable bonds is 7. The van der Waals surface area contributed by atoms with Gasteiger partial charge in [-0.2, -0.15) is 0 Å². The molecule has 0 atom stereocenters. The molecule has 1 amide bonds. The lowest BCUT2D eigenvalue weighted by Gasteiger charge is -2.22. The number of carbonyl (C=O) groups excluding carboxylic acids is 1. The second-order valence-electron chi connectivity index (χ2n) is 5.81. The Kier molecular flexibility index (Phi) is 5.40. The Balaban J connectivity index is 1.85. The molecule has 25 heavy (non-hydrogen) atoms. The van der Waals surface area contributed by atoms with Gasteiger partial charge in [0.05, 0.1) is 12.1 Å². The molecule has 2 aromatic carbocycles. The molecule has 0 aliphatic rings. The number of benzene rings is 2. The molecule has 0 saturated carbocycles. The van der Waals surface area contributed by atoms with Gasteiger partial charge in [-0.3, -0.25) is 4.79 Å². The molecular formula is C19H22N4O2. The van der Waals surface area contributed by atoms with Crippen LogP contribution in [0, 0.1) is 0 Å². The van der Waals surface area contributed by atoms with Crippen LogP contribution in [0.2, 0.25) is 0 Å². The highest BCUT2D eigenvalue weighted by atomic mass is 16.5. The van der Waals surface area contributed by atoms with Gasteiger partial charge in [0, 0.05) is 32.3 Å². The van der Waals surface area contributed by atoms with Gasteiger partial charge in [-0.25, -0.2) is 4.68 Å². The molecule has 6 heteroatoms. The van der Waals surface area contributed by atoms with Gasteiger partial charge in [0.15, 0.2) is 0 Å². The minimum Gasteiger partial charge on any atom is -0.383 e. The fourth-order valence-electron chi connectivity index (χ4n) is 2.78. The van der Waals surface area contributed by atoms with Crippen LogP contribution in [0.1, 0.15) is 22.8 Å². The Morgan fingerprint density at radius 1 is 1.20 bits per heavy atom. The predicted octanol–water partition coefficient (Wildman–Crippen LogP) is 2.74. The zero-order valence-corrected chi connectivity index (χ0v) is 14.6. The van der Waals surface area contributed by atoms with Gasteiger partial charge in [-0.05, 0) is 30.7 Å². The van der Waals surface area contributed by atoms with Crippen LogP contribution in [0.15, 0.2) is 48.5 Å². The largest absolute Gasteiger partial charge is 0.383 e. The molecule has 1 aromatic heterocycles. The van der Waals surface area contributed by atoms with Gasteiger partial charge >= 0.3 is 0 Å². The van der Waals surface area contributed by atoms with Gasteiger partial charge in [-0.1, -0.05) is 35.5 Å². The van der Waals surface area contributed by atoms with Gasteiger partial charge < -0.3 is 9.64 Å². The van der Waals surface area contributed by atoms with E-state index in [0.29, 0.717) is 25.3 Å². The number of hydrogen-bond donors (Lipinski definition) is 0. The van der Waals surface area contributed by atoms with E-state index in [2.05, 4.69) is 10.3 Å². The number of nitrogens with zero attached hydrogens (tertiary/aromatic N) is 4. The SMILES string of the molecule is CCn1nnc2cc(C(=O)N(CCOC)Cc3ccccc3)ccc21. The van der Waals surface area contributed by atoms with Crippen molar-refractivity contribution in [3.05, 3.63) is 59.7 Å². The monoisotopic (exact) mass is 338 g/mol. The molecule has 0 radical (unpaired) electrons. The zero-order chi connectivity index (χ0) is 17.6. The number of amides is 1. The minimum atomic E-state index is -0.0335. The maximum Gasteiger partial charge on any atom is 0.254 e. The van der Waals surface area contributed by atoms with Crippen LogP contribution in [-0.2, 0) is 17.8 Å². The first kappa shape index (κ1) is 17.1. The topological polar surface area (TPSA) is 60.2 Å². The molecular weight excluding hydrogens is 316 g/mol. The van der Waals surface area contributed by atoms with Crippen LogP contribution in [0.3, 0.4) is 0 Å². The Hall–Kier alpha value is -2.73. The van der Waals surface area contributed by atoms with E-state index in [4.69, 9.17) is 4.74 Å². The summed E-state index contributed by atoms with van der Waals surface area (Å²) >= 11 is 0. The first-order valence-corrected chi connectivity index (χ1v) is 8.38. The smallest absolute Gasteiger partial charge is 0.254 e. The van der Waals surface area contributed by atoms with Crippen molar-refractivity contribution in [3.63, 3.8) is 0 Å². The van der Waals surface area contributed by atoms with Crippen molar-refractivity contribution >= 4 is 16.9 Å². The third-order valence-electron chi connectivity index (χ3n) is 4.13. The lowest BCUT2D eigenvalue weighted by molar-refractivity contribution is 0.0680. The summed E-state index contributed by atoms with van der Waals surface area (Å²) in [6, 6.07) is 15.5. The second kappa shape index (κ2) is 7.90. The van der Waals surface area contributed by atoms with Crippen molar-refractivity contribution in [2.75, 3.05) is 20.3 Å². The molecule has 3 aromatic rings. The number of methoxy groups -OCH3 is 1. The van der Waals surface area contributed by atoms with E-state index < -0.39 is 0 Å². The van der Waals surface area contributed by atoms with Crippen molar-refractivity contribution in [1.82, 2.24) is 19.9 Å². The summed E-state index contributed by atoms with van der Waals surface area (Å²) in [6.07, 6.45) is 0. The predicted molar refractivity (Wildman–Crippen MR) is 96.3 cm³/mol. The highest BCUT2D eigenvalue weighted by molar-refractivity contribution is 5.97. The summed E-state index contributed by atoms with van der Waals surface area (Å²) in [5.41, 5.74) is 3.37. The van der Waals surface area contributed by atoms with Gasteiger partial charge in [0.1, 0.15) is 5.52 Å². The Morgan fingerprint density at radius 3 is 2.72 bits per heavy atom. The van der Waals surface area contributed by atoms with Crippen molar-refractivity contribution in [2.24, 2.45) is 0 Å². The number of aryl methyl sites for hydroxylation is 1. The van der Waals surface area contributed by atoms with E-state index >= 15 is 0 Å². The second-order valence-corrected chi connectivity index (χ2v) is 5.81. The number of aromatic nitrogens is 3. The molecule has 0 N–H and O–H groups in total. The molecule has 6 nitrogen and oxygen atoms in total. The fourth-order valence-corrected chi connectivity index (χ4v) is 2.78. The van der Waals surface area contributed by atoms with Crippen molar-refractivity contribution < 1.29 is 9.53 Å². The van der Waals surface area contributed by atoms with E-state index in [1.54, 1.807) is 12.0 Å². The summed E-state index contributed by atoms with van der Waals surface area (Å²) in [4.78, 5) is 14.8. The van der Waals surface area contributed by atoms with E-state index in [0.717, 1.165) is 23.1 Å². The van der Waals surface area contributed by atoms with Gasteiger partial charge in [-0.15, -0.1) is 5.10 Å². The van der Waals surface area contributed by atoms with Crippen LogP contribution in [0.5, 0.6) is 0 Å². The summed E-state index contributed by atoms with van der Waals surface area (Å²) in [7, 11) is 1.64. The van der Waals surface area contributed by atoms with Crippen LogP contribution in [0.25, 0.3) is 11.0 Å². The van der Waals surface area contributed by atoms with E-state index in [1.165, 1.54) is 0 Å². The Labute approximate surface area is 147 Å². The molecule has 0 unspecified atom stereocenters. The fraction of sp³-hybridized carbons (Fsp3) is 0.316. The lowest BCUT2D eigenvalue weighted by Crippen LogP contribution is -2.33. The van der Waals surface area contributed by atoms with Crippen molar-refractivity contribution in [2.45, 2.75) is 20.0 Å². The molecule has 3 rings (SSSR count). The third kappa shape index (κ3) is 3.85. The van der Waals surface area contributed by atoms with Crippen molar-refractivity contribution in [3.8, 4) is 0 Å². The van der Waals surface area contributed by atoms with Crippen LogP contribution in [0.4, 0.5) is 0 Å². The highest BCUT2D eigenvalue weighted by Crippen LogP contribution is 2.16. The molecule has 0 bridgehead atoms. The molecule has 130 valence electrons. The normalized spacial score (nSPS) is 11.0. The van der Waals surface area contributed by atoms with Gasteiger partial charge in [0.25, 0.3) is 5.91 Å². The number of hydrogen-bond acceptors (Lipinski definition) is 4. The molecule has 0 saturated heterocycles.